The summed E-state index contributed by atoms with van der Waals surface area (Å²) in [5.41, 5.74) is 8.76. The van der Waals surface area contributed by atoms with Crippen LogP contribution in [0.4, 0.5) is 4.39 Å². The zero-order valence-corrected chi connectivity index (χ0v) is 30.7. The molecule has 3 N–H and O–H groups in total. The number of halogens is 1. The van der Waals surface area contributed by atoms with Gasteiger partial charge < -0.3 is 29.8 Å². The highest BCUT2D eigenvalue weighted by Gasteiger charge is 2.29. The summed E-state index contributed by atoms with van der Waals surface area (Å²) in [7, 11) is 0. The van der Waals surface area contributed by atoms with Crippen molar-refractivity contribution in [3.8, 4) is 11.9 Å². The van der Waals surface area contributed by atoms with E-state index < -0.39 is 11.4 Å². The van der Waals surface area contributed by atoms with E-state index in [1.54, 1.807) is 18.2 Å². The molecular formula is C40H50FN7O4. The molecule has 0 bridgehead atoms. The molecular weight excluding hydrogens is 661 g/mol. The molecule has 2 aromatic carbocycles. The lowest BCUT2D eigenvalue weighted by atomic mass is 9.93. The number of fused-ring (bicyclic) bond motifs is 1. The predicted octanol–water partition coefficient (Wildman–Crippen LogP) is 5.84. The standard InChI is InChI=1S/C40H50FN7O4/c1-39(2,26-52-40(3,4)15-16-42)46-38(49)29-10-11-34-35(21-29)48(23-31-14-19-50-31)36(44-34)24-47-17-12-28(13-18-47)33-6-5-7-37(45-33)51-25-30-9-8-27(22-43)20-32(30)41/h5-11,20-21,28,31H,12-19,23-26,42H2,1-4H3,(H,46,49). The molecule has 12 heteroatoms. The number of nitrogens with zero attached hydrogens (tertiary/aromatic N) is 5. The summed E-state index contributed by atoms with van der Waals surface area (Å²) in [5, 5.41) is 12.2. The van der Waals surface area contributed by atoms with Gasteiger partial charge in [-0.1, -0.05) is 12.1 Å². The second-order valence-corrected chi connectivity index (χ2v) is 15.2. The van der Waals surface area contributed by atoms with E-state index in [9.17, 15) is 9.18 Å². The zero-order valence-electron chi connectivity index (χ0n) is 30.7. The Balaban J connectivity index is 1.09. The number of piperidine rings is 1. The Labute approximate surface area is 305 Å². The number of benzene rings is 2. The highest BCUT2D eigenvalue weighted by Crippen LogP contribution is 2.30. The summed E-state index contributed by atoms with van der Waals surface area (Å²) in [6, 6.07) is 17.8. The van der Waals surface area contributed by atoms with Crippen molar-refractivity contribution in [2.24, 2.45) is 5.73 Å². The van der Waals surface area contributed by atoms with Crippen molar-refractivity contribution < 1.29 is 23.4 Å². The Morgan fingerprint density at radius 1 is 1.10 bits per heavy atom. The van der Waals surface area contributed by atoms with E-state index in [1.165, 1.54) is 6.07 Å². The van der Waals surface area contributed by atoms with Gasteiger partial charge >= 0.3 is 0 Å². The minimum Gasteiger partial charge on any atom is -0.473 e. The SMILES string of the molecule is CC(C)(COC(C)(C)CCN)NC(=O)c1ccc2nc(CN3CCC(c4cccc(OCc5ccc(C#N)cc5F)n4)CC3)n(CC3CCO3)c2c1. The Kier molecular flexibility index (Phi) is 11.6. The van der Waals surface area contributed by atoms with E-state index in [0.717, 1.165) is 67.9 Å². The average molecular weight is 712 g/mol. The smallest absolute Gasteiger partial charge is 0.251 e. The number of carbonyl (C=O) groups is 1. The third kappa shape index (κ3) is 9.33. The molecule has 276 valence electrons. The monoisotopic (exact) mass is 711 g/mol. The van der Waals surface area contributed by atoms with Crippen LogP contribution >= 0.6 is 0 Å². The average Bonchev–Trinajstić information content (AvgIpc) is 3.44. The molecule has 2 fully saturated rings. The van der Waals surface area contributed by atoms with E-state index in [4.69, 9.17) is 35.2 Å². The van der Waals surface area contributed by atoms with Crippen LogP contribution in [-0.2, 0) is 29.2 Å². The fourth-order valence-electron chi connectivity index (χ4n) is 6.69. The number of rotatable bonds is 15. The molecule has 1 unspecified atom stereocenters. The number of nitrogens with two attached hydrogens (primary N) is 1. The van der Waals surface area contributed by atoms with Gasteiger partial charge in [-0.05, 0) is 109 Å². The lowest BCUT2D eigenvalue weighted by molar-refractivity contribution is -0.0592. The second-order valence-electron chi connectivity index (χ2n) is 15.2. The van der Waals surface area contributed by atoms with E-state index in [1.807, 2.05) is 64.1 Å². The maximum atomic E-state index is 14.4. The zero-order chi connectivity index (χ0) is 36.9. The minimum absolute atomic E-state index is 0.0343. The van der Waals surface area contributed by atoms with Gasteiger partial charge in [-0.15, -0.1) is 0 Å². The van der Waals surface area contributed by atoms with Gasteiger partial charge in [-0.3, -0.25) is 9.69 Å². The molecule has 0 saturated carbocycles. The van der Waals surface area contributed by atoms with Crippen LogP contribution in [0.25, 0.3) is 11.0 Å². The van der Waals surface area contributed by atoms with Gasteiger partial charge in [0, 0.05) is 35.4 Å². The van der Waals surface area contributed by atoms with Crippen molar-refractivity contribution in [2.45, 2.75) is 96.2 Å². The number of nitriles is 1. The first kappa shape index (κ1) is 37.4. The second kappa shape index (κ2) is 16.1. The van der Waals surface area contributed by atoms with Crippen LogP contribution in [0.15, 0.2) is 54.6 Å². The third-order valence-corrected chi connectivity index (χ3v) is 9.96. The maximum Gasteiger partial charge on any atom is 0.251 e. The number of pyridine rings is 1. The lowest BCUT2D eigenvalue weighted by Gasteiger charge is -2.32. The van der Waals surface area contributed by atoms with Crippen molar-refractivity contribution in [1.82, 2.24) is 24.8 Å². The summed E-state index contributed by atoms with van der Waals surface area (Å²) in [6.07, 6.45) is 3.72. The van der Waals surface area contributed by atoms with Crippen molar-refractivity contribution in [3.63, 3.8) is 0 Å². The summed E-state index contributed by atoms with van der Waals surface area (Å²) in [5.74, 6) is 1.06. The van der Waals surface area contributed by atoms with Crippen LogP contribution < -0.4 is 15.8 Å². The van der Waals surface area contributed by atoms with E-state index in [-0.39, 0.29) is 35.7 Å². The summed E-state index contributed by atoms with van der Waals surface area (Å²) in [4.78, 5) is 25.7. The van der Waals surface area contributed by atoms with Crippen molar-refractivity contribution in [3.05, 3.63) is 88.6 Å². The van der Waals surface area contributed by atoms with Gasteiger partial charge in [-0.25, -0.2) is 14.4 Å². The molecule has 4 aromatic rings. The molecule has 2 aliphatic heterocycles. The van der Waals surface area contributed by atoms with Gasteiger partial charge in [0.25, 0.3) is 5.91 Å². The van der Waals surface area contributed by atoms with Gasteiger partial charge in [0.05, 0.1) is 59.6 Å². The molecule has 2 saturated heterocycles. The highest BCUT2D eigenvalue weighted by atomic mass is 19.1. The molecule has 1 atom stereocenters. The van der Waals surface area contributed by atoms with Crippen LogP contribution in [0.1, 0.15) is 92.3 Å². The van der Waals surface area contributed by atoms with Crippen LogP contribution in [0, 0.1) is 17.1 Å². The largest absolute Gasteiger partial charge is 0.473 e. The number of hydrogen-bond donors (Lipinski definition) is 2. The number of amides is 1. The molecule has 6 rings (SSSR count). The number of hydrogen-bond acceptors (Lipinski definition) is 9. The van der Waals surface area contributed by atoms with Gasteiger partial charge in [-0.2, -0.15) is 5.26 Å². The number of ether oxygens (including phenoxy) is 3. The number of imidazole rings is 1. The Morgan fingerprint density at radius 3 is 2.58 bits per heavy atom. The molecule has 2 aliphatic rings. The number of likely N-dealkylation sites (tertiary alicyclic amines) is 1. The van der Waals surface area contributed by atoms with Crippen LogP contribution in [0.2, 0.25) is 0 Å². The first-order chi connectivity index (χ1) is 24.9. The topological polar surface area (TPSA) is 141 Å². The molecule has 52 heavy (non-hydrogen) atoms. The maximum absolute atomic E-state index is 14.4. The van der Waals surface area contributed by atoms with E-state index >= 15 is 0 Å². The van der Waals surface area contributed by atoms with Crippen LogP contribution in [0.5, 0.6) is 5.88 Å². The van der Waals surface area contributed by atoms with E-state index in [2.05, 4.69) is 14.8 Å². The van der Waals surface area contributed by atoms with Gasteiger partial charge in [0.2, 0.25) is 5.88 Å². The van der Waals surface area contributed by atoms with Crippen molar-refractivity contribution in [2.75, 3.05) is 32.8 Å². The van der Waals surface area contributed by atoms with Crippen LogP contribution in [0.3, 0.4) is 0 Å². The fraction of sp³-hybridized carbons (Fsp3) is 0.500. The molecule has 1 amide bonds. The minimum atomic E-state index is -0.579. The summed E-state index contributed by atoms with van der Waals surface area (Å²) >= 11 is 0. The first-order valence-electron chi connectivity index (χ1n) is 18.2. The van der Waals surface area contributed by atoms with Crippen molar-refractivity contribution in [1.29, 1.82) is 5.26 Å². The first-order valence-corrected chi connectivity index (χ1v) is 18.2. The van der Waals surface area contributed by atoms with E-state index in [0.29, 0.717) is 43.2 Å². The number of aromatic nitrogens is 3. The third-order valence-electron chi connectivity index (χ3n) is 9.96. The normalized spacial score (nSPS) is 17.1. The molecule has 2 aromatic heterocycles. The molecule has 0 radical (unpaired) electrons. The summed E-state index contributed by atoms with van der Waals surface area (Å²) in [6.45, 7) is 12.8. The number of nitrogens with one attached hydrogen (secondary N) is 1. The lowest BCUT2D eigenvalue weighted by Crippen LogP contribution is -2.49. The van der Waals surface area contributed by atoms with Gasteiger partial charge in [0.1, 0.15) is 18.2 Å². The summed E-state index contributed by atoms with van der Waals surface area (Å²) < 4.78 is 34.4. The number of carbonyl (C=O) groups excluding carboxylic acids is 1. The Hall–Kier alpha value is -4.41. The highest BCUT2D eigenvalue weighted by molar-refractivity contribution is 5.97. The van der Waals surface area contributed by atoms with Gasteiger partial charge in [0.15, 0.2) is 0 Å². The predicted molar refractivity (Wildman–Crippen MR) is 196 cm³/mol. The fourth-order valence-corrected chi connectivity index (χ4v) is 6.69. The molecule has 4 heterocycles. The Bertz CT molecular complexity index is 1910. The molecule has 0 spiro atoms. The van der Waals surface area contributed by atoms with Crippen molar-refractivity contribution >= 4 is 16.9 Å². The molecule has 0 aliphatic carbocycles. The Morgan fingerprint density at radius 2 is 1.88 bits per heavy atom. The molecule has 11 nitrogen and oxygen atoms in total. The quantitative estimate of drug-likeness (QED) is 0.156. The van der Waals surface area contributed by atoms with Crippen LogP contribution in [-0.4, -0.2) is 75.4 Å².